The molecule has 0 aromatic heterocycles. The van der Waals surface area contributed by atoms with Gasteiger partial charge < -0.3 is 4.90 Å². The lowest BCUT2D eigenvalue weighted by Crippen LogP contribution is -2.32. The molecule has 1 heterocycles. The second-order valence-electron chi connectivity index (χ2n) is 3.32. The van der Waals surface area contributed by atoms with E-state index in [1.165, 1.54) is 0 Å². The highest BCUT2D eigenvalue weighted by atomic mass is 16.2. The molecule has 0 aromatic rings. The van der Waals surface area contributed by atoms with Crippen molar-refractivity contribution in [3.05, 3.63) is 0 Å². The molecule has 0 radical (unpaired) electrons. The summed E-state index contributed by atoms with van der Waals surface area (Å²) in [4.78, 5) is 13.1. The number of amides is 1. The standard InChI is InChI=1S/C7H12N2O/c1-5-8-7(3-4-7)6(10)9(5)2/h5,8H,3-4H2,1-2H3. The number of carbonyl (C=O) groups excluding carboxylic acids is 1. The zero-order valence-corrected chi connectivity index (χ0v) is 6.35. The van der Waals surface area contributed by atoms with Gasteiger partial charge in [0.25, 0.3) is 0 Å². The van der Waals surface area contributed by atoms with Crippen LogP contribution in [0.5, 0.6) is 0 Å². The predicted molar refractivity (Wildman–Crippen MR) is 37.3 cm³/mol. The minimum Gasteiger partial charge on any atom is -0.329 e. The topological polar surface area (TPSA) is 32.3 Å². The van der Waals surface area contributed by atoms with Crippen molar-refractivity contribution in [3.63, 3.8) is 0 Å². The van der Waals surface area contributed by atoms with Crippen LogP contribution < -0.4 is 5.32 Å². The molecule has 1 unspecified atom stereocenters. The third-order valence-electron chi connectivity index (χ3n) is 2.55. The smallest absolute Gasteiger partial charge is 0.243 e. The fraction of sp³-hybridized carbons (Fsp3) is 0.857. The van der Waals surface area contributed by atoms with Gasteiger partial charge >= 0.3 is 0 Å². The van der Waals surface area contributed by atoms with Gasteiger partial charge in [0, 0.05) is 7.05 Å². The lowest BCUT2D eigenvalue weighted by molar-refractivity contribution is -0.129. The van der Waals surface area contributed by atoms with E-state index in [-0.39, 0.29) is 17.6 Å². The van der Waals surface area contributed by atoms with Crippen molar-refractivity contribution in [2.75, 3.05) is 7.05 Å². The number of carbonyl (C=O) groups is 1. The summed E-state index contributed by atoms with van der Waals surface area (Å²) in [5, 5.41) is 3.28. The van der Waals surface area contributed by atoms with Gasteiger partial charge in [-0.1, -0.05) is 0 Å². The number of rotatable bonds is 0. The average Bonchev–Trinajstić information content (AvgIpc) is 2.62. The minimum absolute atomic E-state index is 0.117. The zero-order valence-electron chi connectivity index (χ0n) is 6.35. The number of likely N-dealkylation sites (N-methyl/N-ethyl adjacent to an activating group) is 1. The maximum atomic E-state index is 11.4. The molecular weight excluding hydrogens is 128 g/mol. The van der Waals surface area contributed by atoms with E-state index in [0.717, 1.165) is 12.8 Å². The molecule has 1 atom stereocenters. The molecule has 2 aliphatic rings. The monoisotopic (exact) mass is 140 g/mol. The number of nitrogens with zero attached hydrogens (tertiary/aromatic N) is 1. The van der Waals surface area contributed by atoms with Crippen LogP contribution in [0.2, 0.25) is 0 Å². The molecule has 2 fully saturated rings. The molecule has 3 nitrogen and oxygen atoms in total. The number of nitrogens with one attached hydrogen (secondary N) is 1. The summed E-state index contributed by atoms with van der Waals surface area (Å²) >= 11 is 0. The van der Waals surface area contributed by atoms with Gasteiger partial charge in [0.2, 0.25) is 5.91 Å². The van der Waals surface area contributed by atoms with Crippen LogP contribution in [0.25, 0.3) is 0 Å². The fourth-order valence-corrected chi connectivity index (χ4v) is 1.56. The van der Waals surface area contributed by atoms with E-state index < -0.39 is 0 Å². The van der Waals surface area contributed by atoms with Crippen molar-refractivity contribution in [1.29, 1.82) is 0 Å². The maximum absolute atomic E-state index is 11.4. The van der Waals surface area contributed by atoms with Crippen LogP contribution in [0.15, 0.2) is 0 Å². The first kappa shape index (κ1) is 6.16. The SMILES string of the molecule is CC1NC2(CC2)C(=O)N1C. The summed E-state index contributed by atoms with van der Waals surface area (Å²) in [7, 11) is 1.85. The Kier molecular flexibility index (Phi) is 0.944. The molecule has 1 aliphatic heterocycles. The largest absolute Gasteiger partial charge is 0.329 e. The van der Waals surface area contributed by atoms with Gasteiger partial charge in [-0.15, -0.1) is 0 Å². The Morgan fingerprint density at radius 3 is 2.50 bits per heavy atom. The summed E-state index contributed by atoms with van der Waals surface area (Å²) < 4.78 is 0. The van der Waals surface area contributed by atoms with Crippen LogP contribution in [-0.4, -0.2) is 29.6 Å². The van der Waals surface area contributed by atoms with Crippen molar-refractivity contribution in [2.24, 2.45) is 0 Å². The Morgan fingerprint density at radius 1 is 1.70 bits per heavy atom. The maximum Gasteiger partial charge on any atom is 0.243 e. The third kappa shape index (κ3) is 0.560. The van der Waals surface area contributed by atoms with Gasteiger partial charge in [-0.05, 0) is 19.8 Å². The second kappa shape index (κ2) is 1.53. The summed E-state index contributed by atoms with van der Waals surface area (Å²) in [6.45, 7) is 2.02. The van der Waals surface area contributed by atoms with Gasteiger partial charge in [0.05, 0.1) is 11.7 Å². The second-order valence-corrected chi connectivity index (χ2v) is 3.32. The highest BCUT2D eigenvalue weighted by Gasteiger charge is 2.56. The Labute approximate surface area is 60.4 Å². The normalized spacial score (nSPS) is 35.6. The highest BCUT2D eigenvalue weighted by Crippen LogP contribution is 2.41. The van der Waals surface area contributed by atoms with Crippen LogP contribution >= 0.6 is 0 Å². The zero-order chi connectivity index (χ0) is 7.35. The molecule has 0 bridgehead atoms. The first-order valence-corrected chi connectivity index (χ1v) is 3.71. The molecule has 1 amide bonds. The summed E-state index contributed by atoms with van der Waals surface area (Å²) in [5.74, 6) is 0.278. The predicted octanol–water partition coefficient (Wildman–Crippen LogP) is -0.0734. The lowest BCUT2D eigenvalue weighted by Gasteiger charge is -2.12. The van der Waals surface area contributed by atoms with E-state index in [1.807, 2.05) is 14.0 Å². The molecular formula is C7H12N2O. The van der Waals surface area contributed by atoms with Gasteiger partial charge in [0.1, 0.15) is 0 Å². The Balaban J connectivity index is 2.24. The van der Waals surface area contributed by atoms with Gasteiger partial charge in [-0.3, -0.25) is 10.1 Å². The fourth-order valence-electron chi connectivity index (χ4n) is 1.56. The molecule has 0 aromatic carbocycles. The van der Waals surface area contributed by atoms with Crippen LogP contribution in [0.3, 0.4) is 0 Å². The molecule has 2 rings (SSSR count). The van der Waals surface area contributed by atoms with E-state index in [2.05, 4.69) is 5.32 Å². The molecule has 1 N–H and O–H groups in total. The Bertz CT molecular complexity index is 186. The molecule has 3 heteroatoms. The van der Waals surface area contributed by atoms with Crippen molar-refractivity contribution < 1.29 is 4.79 Å². The molecule has 56 valence electrons. The van der Waals surface area contributed by atoms with E-state index in [4.69, 9.17) is 0 Å². The molecule has 1 spiro atoms. The quantitative estimate of drug-likeness (QED) is 0.510. The van der Waals surface area contributed by atoms with Crippen molar-refractivity contribution in [3.8, 4) is 0 Å². The third-order valence-corrected chi connectivity index (χ3v) is 2.55. The van der Waals surface area contributed by atoms with Crippen molar-refractivity contribution in [2.45, 2.75) is 31.5 Å². The summed E-state index contributed by atoms with van der Waals surface area (Å²) in [5.41, 5.74) is -0.117. The minimum atomic E-state index is -0.117. The van der Waals surface area contributed by atoms with E-state index in [9.17, 15) is 4.79 Å². The van der Waals surface area contributed by atoms with Crippen LogP contribution in [-0.2, 0) is 4.79 Å². The van der Waals surface area contributed by atoms with E-state index >= 15 is 0 Å². The van der Waals surface area contributed by atoms with Crippen LogP contribution in [0.4, 0.5) is 0 Å². The number of hydrogen-bond acceptors (Lipinski definition) is 2. The molecule has 1 aliphatic carbocycles. The molecule has 1 saturated heterocycles. The summed E-state index contributed by atoms with van der Waals surface area (Å²) in [6, 6.07) is 0. The van der Waals surface area contributed by atoms with Crippen molar-refractivity contribution in [1.82, 2.24) is 10.2 Å². The van der Waals surface area contributed by atoms with Gasteiger partial charge in [0.15, 0.2) is 0 Å². The summed E-state index contributed by atoms with van der Waals surface area (Å²) in [6.07, 6.45) is 2.29. The van der Waals surface area contributed by atoms with E-state index in [1.54, 1.807) is 4.90 Å². The molecule has 1 saturated carbocycles. The van der Waals surface area contributed by atoms with Crippen LogP contribution in [0.1, 0.15) is 19.8 Å². The van der Waals surface area contributed by atoms with Gasteiger partial charge in [-0.25, -0.2) is 0 Å². The highest BCUT2D eigenvalue weighted by molar-refractivity contribution is 5.91. The first-order valence-electron chi connectivity index (χ1n) is 3.71. The number of hydrogen-bond donors (Lipinski definition) is 1. The molecule has 10 heavy (non-hydrogen) atoms. The Hall–Kier alpha value is -0.570. The van der Waals surface area contributed by atoms with Crippen molar-refractivity contribution >= 4 is 5.91 Å². The van der Waals surface area contributed by atoms with Gasteiger partial charge in [-0.2, -0.15) is 0 Å². The van der Waals surface area contributed by atoms with E-state index in [0.29, 0.717) is 0 Å². The average molecular weight is 140 g/mol. The first-order chi connectivity index (χ1) is 4.66. The lowest BCUT2D eigenvalue weighted by atomic mass is 10.3. The van der Waals surface area contributed by atoms with Crippen LogP contribution in [0, 0.1) is 0 Å². The Morgan fingerprint density at radius 2 is 2.30 bits per heavy atom.